The number of alkyl halides is 3. The van der Waals surface area contributed by atoms with Crippen LogP contribution in [0, 0.1) is 0 Å². The number of halogens is 3. The molecule has 3 rings (SSSR count). The third-order valence-electron chi connectivity index (χ3n) is 4.43. The maximum atomic E-state index is 12.9. The van der Waals surface area contributed by atoms with Gasteiger partial charge >= 0.3 is 6.18 Å². The van der Waals surface area contributed by atoms with E-state index in [9.17, 15) is 18.0 Å². The lowest BCUT2D eigenvalue weighted by Crippen LogP contribution is -2.22. The van der Waals surface area contributed by atoms with E-state index < -0.39 is 11.7 Å². The lowest BCUT2D eigenvalue weighted by molar-refractivity contribution is -0.137. The molecule has 156 valence electrons. The summed E-state index contributed by atoms with van der Waals surface area (Å²) in [5.74, 6) is 0.835. The number of aromatic nitrogens is 1. The number of benzene rings is 2. The molecule has 0 atom stereocenters. The minimum absolute atomic E-state index is 0.183. The van der Waals surface area contributed by atoms with Gasteiger partial charge in [-0.1, -0.05) is 18.2 Å². The van der Waals surface area contributed by atoms with Gasteiger partial charge in [-0.3, -0.25) is 9.78 Å². The molecule has 0 aliphatic rings. The van der Waals surface area contributed by atoms with Crippen molar-refractivity contribution in [3.63, 3.8) is 0 Å². The Kier molecular flexibility index (Phi) is 6.25. The Morgan fingerprint density at radius 2 is 1.67 bits per heavy atom. The van der Waals surface area contributed by atoms with E-state index in [-0.39, 0.29) is 18.1 Å². The van der Waals surface area contributed by atoms with Crippen LogP contribution in [-0.2, 0) is 12.7 Å². The Bertz CT molecular complexity index is 1030. The second kappa shape index (κ2) is 8.86. The van der Waals surface area contributed by atoms with Gasteiger partial charge in [0.2, 0.25) is 0 Å². The van der Waals surface area contributed by atoms with Gasteiger partial charge in [-0.15, -0.1) is 0 Å². The van der Waals surface area contributed by atoms with E-state index >= 15 is 0 Å². The number of carbonyl (C=O) groups is 1. The second-order valence-electron chi connectivity index (χ2n) is 6.38. The average molecular weight is 416 g/mol. The molecule has 0 saturated heterocycles. The molecule has 0 aliphatic heterocycles. The van der Waals surface area contributed by atoms with Crippen LogP contribution in [0.25, 0.3) is 11.3 Å². The summed E-state index contributed by atoms with van der Waals surface area (Å²) in [6.45, 7) is 0.274. The summed E-state index contributed by atoms with van der Waals surface area (Å²) < 4.78 is 49.0. The summed E-state index contributed by atoms with van der Waals surface area (Å²) in [5, 5.41) is 2.79. The minimum atomic E-state index is -4.44. The fourth-order valence-corrected chi connectivity index (χ4v) is 2.83. The molecule has 0 fully saturated rings. The van der Waals surface area contributed by atoms with Crippen molar-refractivity contribution in [1.82, 2.24) is 10.3 Å². The number of nitrogens with zero attached hydrogens (tertiary/aromatic N) is 1. The zero-order chi connectivity index (χ0) is 21.7. The SMILES string of the molecule is COc1ccc(CNC(=O)c2ccc(-c3cc(C(F)(F)F)ccn3)cc2)cc1OC. The first-order valence-electron chi connectivity index (χ1n) is 8.94. The van der Waals surface area contributed by atoms with Gasteiger partial charge in [-0.25, -0.2) is 0 Å². The zero-order valence-corrected chi connectivity index (χ0v) is 16.3. The van der Waals surface area contributed by atoms with Gasteiger partial charge in [0.15, 0.2) is 11.5 Å². The zero-order valence-electron chi connectivity index (χ0n) is 16.3. The van der Waals surface area contributed by atoms with Gasteiger partial charge < -0.3 is 14.8 Å². The highest BCUT2D eigenvalue weighted by Crippen LogP contribution is 2.31. The first kappa shape index (κ1) is 21.2. The predicted octanol–water partition coefficient (Wildman–Crippen LogP) is 4.71. The highest BCUT2D eigenvalue weighted by molar-refractivity contribution is 5.94. The van der Waals surface area contributed by atoms with Crippen molar-refractivity contribution in [2.45, 2.75) is 12.7 Å². The van der Waals surface area contributed by atoms with Crippen molar-refractivity contribution in [3.05, 3.63) is 77.5 Å². The van der Waals surface area contributed by atoms with E-state index in [1.807, 2.05) is 6.07 Å². The fourth-order valence-electron chi connectivity index (χ4n) is 2.83. The third kappa shape index (κ3) is 4.89. The van der Waals surface area contributed by atoms with Crippen molar-refractivity contribution >= 4 is 5.91 Å². The van der Waals surface area contributed by atoms with Crippen LogP contribution in [0.1, 0.15) is 21.5 Å². The van der Waals surface area contributed by atoms with Crippen LogP contribution in [0.2, 0.25) is 0 Å². The number of carbonyl (C=O) groups excluding carboxylic acids is 1. The first-order valence-corrected chi connectivity index (χ1v) is 8.94. The van der Waals surface area contributed by atoms with Crippen molar-refractivity contribution in [1.29, 1.82) is 0 Å². The van der Waals surface area contributed by atoms with E-state index in [1.165, 1.54) is 14.2 Å². The smallest absolute Gasteiger partial charge is 0.416 e. The number of nitrogens with one attached hydrogen (secondary N) is 1. The Balaban J connectivity index is 1.69. The standard InChI is InChI=1S/C22H19F3N2O3/c1-29-19-8-3-14(11-20(19)30-2)13-27-21(28)16-6-4-15(5-7-16)18-12-17(9-10-26-18)22(23,24)25/h3-12H,13H2,1-2H3,(H,27,28). The monoisotopic (exact) mass is 416 g/mol. The second-order valence-corrected chi connectivity index (χ2v) is 6.38. The molecule has 3 aromatic rings. The number of rotatable bonds is 6. The topological polar surface area (TPSA) is 60.5 Å². The summed E-state index contributed by atoms with van der Waals surface area (Å²) in [4.78, 5) is 16.4. The van der Waals surface area contributed by atoms with Gasteiger partial charge in [-0.05, 0) is 42.0 Å². The van der Waals surface area contributed by atoms with Crippen molar-refractivity contribution in [2.24, 2.45) is 0 Å². The van der Waals surface area contributed by atoms with Crippen LogP contribution in [0.5, 0.6) is 11.5 Å². The molecule has 0 saturated carbocycles. The molecule has 5 nitrogen and oxygen atoms in total. The van der Waals surface area contributed by atoms with Crippen LogP contribution in [0.15, 0.2) is 60.8 Å². The maximum Gasteiger partial charge on any atom is 0.416 e. The first-order chi connectivity index (χ1) is 14.3. The molecular weight excluding hydrogens is 397 g/mol. The van der Waals surface area contributed by atoms with Gasteiger partial charge in [-0.2, -0.15) is 13.2 Å². The molecule has 1 amide bonds. The molecule has 1 heterocycles. The molecule has 1 aromatic heterocycles. The molecule has 8 heteroatoms. The fraction of sp³-hybridized carbons (Fsp3) is 0.182. The van der Waals surface area contributed by atoms with Crippen LogP contribution >= 0.6 is 0 Å². The number of hydrogen-bond acceptors (Lipinski definition) is 4. The largest absolute Gasteiger partial charge is 0.493 e. The maximum absolute atomic E-state index is 12.9. The Morgan fingerprint density at radius 1 is 0.967 bits per heavy atom. The summed E-state index contributed by atoms with van der Waals surface area (Å²) in [6, 6.07) is 13.4. The Hall–Kier alpha value is -3.55. The number of hydrogen-bond donors (Lipinski definition) is 1. The van der Waals surface area contributed by atoms with Crippen LogP contribution in [0.3, 0.4) is 0 Å². The summed E-state index contributed by atoms with van der Waals surface area (Å²) in [7, 11) is 3.07. The van der Waals surface area contributed by atoms with Gasteiger partial charge in [0, 0.05) is 23.9 Å². The molecule has 0 spiro atoms. The number of ether oxygens (including phenoxy) is 2. The summed E-state index contributed by atoms with van der Waals surface area (Å²) in [6.07, 6.45) is -3.33. The number of methoxy groups -OCH3 is 2. The average Bonchev–Trinajstić information content (AvgIpc) is 2.76. The van der Waals surface area contributed by atoms with Gasteiger partial charge in [0.05, 0.1) is 25.5 Å². The molecule has 1 N–H and O–H groups in total. The van der Waals surface area contributed by atoms with E-state index in [2.05, 4.69) is 10.3 Å². The van der Waals surface area contributed by atoms with Crippen LogP contribution in [-0.4, -0.2) is 25.1 Å². The molecule has 0 radical (unpaired) electrons. The highest BCUT2D eigenvalue weighted by Gasteiger charge is 2.30. The molecule has 0 unspecified atom stereocenters. The highest BCUT2D eigenvalue weighted by atomic mass is 19.4. The van der Waals surface area contributed by atoms with Gasteiger partial charge in [0.25, 0.3) is 5.91 Å². The van der Waals surface area contributed by atoms with Crippen molar-refractivity contribution < 1.29 is 27.4 Å². The van der Waals surface area contributed by atoms with E-state index in [0.29, 0.717) is 22.6 Å². The van der Waals surface area contributed by atoms with E-state index in [1.54, 1.807) is 36.4 Å². The Labute approximate surface area is 171 Å². The van der Waals surface area contributed by atoms with Crippen LogP contribution < -0.4 is 14.8 Å². The molecular formula is C22H19F3N2O3. The number of amides is 1. The summed E-state index contributed by atoms with van der Waals surface area (Å²) in [5.41, 5.74) is 1.10. The minimum Gasteiger partial charge on any atom is -0.493 e. The van der Waals surface area contributed by atoms with Crippen LogP contribution in [0.4, 0.5) is 13.2 Å². The molecule has 30 heavy (non-hydrogen) atoms. The molecule has 0 aliphatic carbocycles. The van der Waals surface area contributed by atoms with Crippen molar-refractivity contribution in [2.75, 3.05) is 14.2 Å². The van der Waals surface area contributed by atoms with E-state index in [0.717, 1.165) is 23.9 Å². The quantitative estimate of drug-likeness (QED) is 0.632. The van der Waals surface area contributed by atoms with Crippen molar-refractivity contribution in [3.8, 4) is 22.8 Å². The normalized spacial score (nSPS) is 11.1. The summed E-state index contributed by atoms with van der Waals surface area (Å²) >= 11 is 0. The molecule has 2 aromatic carbocycles. The third-order valence-corrected chi connectivity index (χ3v) is 4.43. The number of pyridine rings is 1. The van der Waals surface area contributed by atoms with Gasteiger partial charge in [0.1, 0.15) is 0 Å². The lowest BCUT2D eigenvalue weighted by atomic mass is 10.1. The van der Waals surface area contributed by atoms with E-state index in [4.69, 9.17) is 9.47 Å². The lowest BCUT2D eigenvalue weighted by Gasteiger charge is -2.11. The molecule has 0 bridgehead atoms. The Morgan fingerprint density at radius 3 is 2.30 bits per heavy atom. The predicted molar refractivity (Wildman–Crippen MR) is 105 cm³/mol.